The van der Waals surface area contributed by atoms with E-state index in [0.29, 0.717) is 39.5 Å². The summed E-state index contributed by atoms with van der Waals surface area (Å²) in [6.07, 6.45) is 0.561. The highest BCUT2D eigenvalue weighted by molar-refractivity contribution is 4.81. The van der Waals surface area contributed by atoms with Crippen LogP contribution in [0, 0.1) is 17.2 Å². The van der Waals surface area contributed by atoms with Crippen LogP contribution < -0.4 is 0 Å². The molecule has 0 aliphatic carbocycles. The molecule has 0 aliphatic heterocycles. The van der Waals surface area contributed by atoms with Crippen molar-refractivity contribution in [2.75, 3.05) is 46.8 Å². The van der Waals surface area contributed by atoms with E-state index in [4.69, 9.17) is 24.6 Å². The number of rotatable bonds is 10. The zero-order valence-electron chi connectivity index (χ0n) is 9.15. The van der Waals surface area contributed by atoms with Crippen LogP contribution in [-0.2, 0) is 14.2 Å². The second-order valence-electron chi connectivity index (χ2n) is 3.01. The van der Waals surface area contributed by atoms with Crippen LogP contribution in [0.3, 0.4) is 0 Å². The van der Waals surface area contributed by atoms with Gasteiger partial charge in [-0.3, -0.25) is 0 Å². The highest BCUT2D eigenvalue weighted by atomic mass is 16.5. The van der Waals surface area contributed by atoms with Gasteiger partial charge in [-0.1, -0.05) is 0 Å². The molecule has 0 bridgehead atoms. The molecule has 1 atom stereocenters. The molecule has 1 N–H and O–H groups in total. The molecule has 0 aromatic heterocycles. The van der Waals surface area contributed by atoms with E-state index in [1.165, 1.54) is 0 Å². The zero-order chi connectivity index (χ0) is 11.4. The highest BCUT2D eigenvalue weighted by Crippen LogP contribution is 1.99. The van der Waals surface area contributed by atoms with Crippen LogP contribution in [-0.4, -0.2) is 51.9 Å². The summed E-state index contributed by atoms with van der Waals surface area (Å²) in [7, 11) is 1.62. The predicted molar refractivity (Wildman–Crippen MR) is 54.3 cm³/mol. The summed E-state index contributed by atoms with van der Waals surface area (Å²) in [5, 5.41) is 17.2. The second-order valence-corrected chi connectivity index (χ2v) is 3.01. The Hall–Kier alpha value is -0.670. The molecule has 5 nitrogen and oxygen atoms in total. The molecule has 0 aromatic rings. The Kier molecular flexibility index (Phi) is 10.9. The van der Waals surface area contributed by atoms with Gasteiger partial charge in [0.1, 0.15) is 0 Å². The molecule has 15 heavy (non-hydrogen) atoms. The van der Waals surface area contributed by atoms with Crippen molar-refractivity contribution in [3.8, 4) is 6.07 Å². The van der Waals surface area contributed by atoms with Crippen molar-refractivity contribution >= 4 is 0 Å². The monoisotopic (exact) mass is 217 g/mol. The Morgan fingerprint density at radius 3 is 2.27 bits per heavy atom. The first-order chi connectivity index (χ1) is 7.35. The van der Waals surface area contributed by atoms with Crippen LogP contribution in [0.5, 0.6) is 0 Å². The lowest BCUT2D eigenvalue weighted by Crippen LogP contribution is -2.11. The van der Waals surface area contributed by atoms with Crippen LogP contribution in [0.1, 0.15) is 6.42 Å². The van der Waals surface area contributed by atoms with Gasteiger partial charge in [-0.05, 0) is 6.42 Å². The number of hydrogen-bond acceptors (Lipinski definition) is 5. The third-order valence-corrected chi connectivity index (χ3v) is 1.82. The second kappa shape index (κ2) is 11.4. The Bertz CT molecular complexity index is 169. The lowest BCUT2D eigenvalue weighted by molar-refractivity contribution is 0.0217. The standard InChI is InChI=1S/C10H19NO4/c1-13-4-5-15-7-6-14-3-2-10(8-11)9-12/h10,12H,2-7,9H2,1H3. The highest BCUT2D eigenvalue weighted by Gasteiger charge is 2.04. The fourth-order valence-electron chi connectivity index (χ4n) is 0.886. The summed E-state index contributed by atoms with van der Waals surface area (Å²) >= 11 is 0. The van der Waals surface area contributed by atoms with E-state index in [9.17, 15) is 0 Å². The lowest BCUT2D eigenvalue weighted by Gasteiger charge is -2.07. The van der Waals surface area contributed by atoms with Gasteiger partial charge in [0.05, 0.1) is 45.0 Å². The van der Waals surface area contributed by atoms with Gasteiger partial charge >= 0.3 is 0 Å². The average Bonchev–Trinajstić information content (AvgIpc) is 2.27. The SMILES string of the molecule is COCCOCCOCCC(C#N)CO. The number of ether oxygens (including phenoxy) is 3. The number of methoxy groups -OCH3 is 1. The van der Waals surface area contributed by atoms with Gasteiger partial charge in [0.25, 0.3) is 0 Å². The first-order valence-corrected chi connectivity index (χ1v) is 5.00. The molecular formula is C10H19NO4. The largest absolute Gasteiger partial charge is 0.395 e. The average molecular weight is 217 g/mol. The maximum Gasteiger partial charge on any atom is 0.0716 e. The molecule has 0 aliphatic rings. The quantitative estimate of drug-likeness (QED) is 0.529. The normalized spacial score (nSPS) is 12.3. The summed E-state index contributed by atoms with van der Waals surface area (Å²) in [5.41, 5.74) is 0. The summed E-state index contributed by atoms with van der Waals surface area (Å²) < 4.78 is 15.2. The molecule has 0 aromatic carbocycles. The first kappa shape index (κ1) is 14.3. The predicted octanol–water partition coefficient (Wildman–Crippen LogP) is 0.188. The first-order valence-electron chi connectivity index (χ1n) is 5.00. The number of aliphatic hydroxyl groups is 1. The summed E-state index contributed by atoms with van der Waals surface area (Å²) in [6, 6.07) is 1.99. The summed E-state index contributed by atoms with van der Waals surface area (Å²) in [4.78, 5) is 0. The van der Waals surface area contributed by atoms with E-state index in [1.54, 1.807) is 7.11 Å². The third-order valence-electron chi connectivity index (χ3n) is 1.82. The van der Waals surface area contributed by atoms with Crippen LogP contribution >= 0.6 is 0 Å². The van der Waals surface area contributed by atoms with Gasteiger partial charge in [-0.15, -0.1) is 0 Å². The van der Waals surface area contributed by atoms with Crippen molar-refractivity contribution in [2.45, 2.75) is 6.42 Å². The van der Waals surface area contributed by atoms with Crippen molar-refractivity contribution in [2.24, 2.45) is 5.92 Å². The molecular weight excluding hydrogens is 198 g/mol. The van der Waals surface area contributed by atoms with E-state index < -0.39 is 0 Å². The van der Waals surface area contributed by atoms with E-state index in [2.05, 4.69) is 0 Å². The topological polar surface area (TPSA) is 71.7 Å². The molecule has 88 valence electrons. The van der Waals surface area contributed by atoms with Crippen LogP contribution in [0.2, 0.25) is 0 Å². The fraction of sp³-hybridized carbons (Fsp3) is 0.900. The maximum atomic E-state index is 8.71. The number of nitriles is 1. The van der Waals surface area contributed by atoms with E-state index >= 15 is 0 Å². The van der Waals surface area contributed by atoms with Gasteiger partial charge in [-0.25, -0.2) is 0 Å². The van der Waals surface area contributed by atoms with Gasteiger partial charge in [0, 0.05) is 13.7 Å². The molecule has 0 fully saturated rings. The number of nitrogens with zero attached hydrogens (tertiary/aromatic N) is 1. The fourth-order valence-corrected chi connectivity index (χ4v) is 0.886. The Morgan fingerprint density at radius 2 is 1.73 bits per heavy atom. The van der Waals surface area contributed by atoms with E-state index in [1.807, 2.05) is 6.07 Å². The summed E-state index contributed by atoms with van der Waals surface area (Å²) in [5.74, 6) is -0.320. The molecule has 0 saturated carbocycles. The van der Waals surface area contributed by atoms with Crippen molar-refractivity contribution in [3.63, 3.8) is 0 Å². The van der Waals surface area contributed by atoms with Crippen molar-refractivity contribution < 1.29 is 19.3 Å². The minimum Gasteiger partial charge on any atom is -0.395 e. The van der Waals surface area contributed by atoms with Crippen molar-refractivity contribution in [3.05, 3.63) is 0 Å². The van der Waals surface area contributed by atoms with Crippen molar-refractivity contribution in [1.82, 2.24) is 0 Å². The molecule has 0 radical (unpaired) electrons. The third kappa shape index (κ3) is 9.63. The minimum absolute atomic E-state index is 0.107. The molecule has 0 amide bonds. The number of hydrogen-bond donors (Lipinski definition) is 1. The van der Waals surface area contributed by atoms with Gasteiger partial charge < -0.3 is 19.3 Å². The van der Waals surface area contributed by atoms with Crippen molar-refractivity contribution in [1.29, 1.82) is 5.26 Å². The van der Waals surface area contributed by atoms with E-state index in [0.717, 1.165) is 0 Å². The Morgan fingerprint density at radius 1 is 1.13 bits per heavy atom. The van der Waals surface area contributed by atoms with Crippen LogP contribution in [0.4, 0.5) is 0 Å². The molecule has 0 rings (SSSR count). The van der Waals surface area contributed by atoms with Gasteiger partial charge in [0.2, 0.25) is 0 Å². The molecule has 0 heterocycles. The van der Waals surface area contributed by atoms with Gasteiger partial charge in [-0.2, -0.15) is 5.26 Å². The maximum absolute atomic E-state index is 8.71. The van der Waals surface area contributed by atoms with E-state index in [-0.39, 0.29) is 12.5 Å². The minimum atomic E-state index is -0.320. The Labute approximate surface area is 90.6 Å². The van der Waals surface area contributed by atoms with Gasteiger partial charge in [0.15, 0.2) is 0 Å². The molecule has 0 saturated heterocycles. The number of aliphatic hydroxyl groups excluding tert-OH is 1. The lowest BCUT2D eigenvalue weighted by atomic mass is 10.1. The van der Waals surface area contributed by atoms with Crippen LogP contribution in [0.15, 0.2) is 0 Å². The molecule has 5 heteroatoms. The smallest absolute Gasteiger partial charge is 0.0716 e. The summed E-state index contributed by atoms with van der Waals surface area (Å²) in [6.45, 7) is 2.56. The molecule has 0 spiro atoms. The van der Waals surface area contributed by atoms with Crippen LogP contribution in [0.25, 0.3) is 0 Å². The molecule has 1 unspecified atom stereocenters. The zero-order valence-corrected chi connectivity index (χ0v) is 9.15. The Balaban J connectivity index is 3.08.